The van der Waals surface area contributed by atoms with Crippen LogP contribution in [0.5, 0.6) is 0 Å². The number of unbranched alkanes of at least 4 members (excludes halogenated alkanes) is 8. The van der Waals surface area contributed by atoms with E-state index in [0.717, 1.165) is 63.1 Å². The Morgan fingerprint density at radius 2 is 1.10 bits per heavy atom. The highest BCUT2D eigenvalue weighted by molar-refractivity contribution is 7.90. The number of rotatable bonds is 37. The van der Waals surface area contributed by atoms with Crippen LogP contribution in [0.1, 0.15) is 128 Å². The summed E-state index contributed by atoms with van der Waals surface area (Å²) in [6.07, 6.45) is 10.3. The Labute approximate surface area is 401 Å². The highest BCUT2D eigenvalue weighted by Gasteiger charge is 2.31. The molecule has 2 aromatic carbocycles. The normalized spacial score (nSPS) is 14.1. The average Bonchev–Trinajstić information content (AvgIpc) is 3.27. The molecule has 1 unspecified atom stereocenters. The number of aliphatic carboxylic acids is 1. The van der Waals surface area contributed by atoms with Crippen LogP contribution in [0.3, 0.4) is 0 Å². The van der Waals surface area contributed by atoms with Crippen molar-refractivity contribution in [2.75, 3.05) is 12.0 Å². The third-order valence-electron chi connectivity index (χ3n) is 11.3. The van der Waals surface area contributed by atoms with E-state index in [1.807, 2.05) is 32.0 Å². The van der Waals surface area contributed by atoms with E-state index in [2.05, 4.69) is 26.6 Å². The summed E-state index contributed by atoms with van der Waals surface area (Å²) in [5.74, 6) is -5.64. The number of carbonyl (C=O) groups excluding carboxylic acids is 7. The second-order valence-corrected chi connectivity index (χ2v) is 20.3. The zero-order chi connectivity index (χ0) is 50.5. The molecule has 0 aliphatic heterocycles. The van der Waals surface area contributed by atoms with Crippen LogP contribution < -0.4 is 38.1 Å². The van der Waals surface area contributed by atoms with E-state index in [4.69, 9.17) is 11.5 Å². The average molecular weight is 970 g/mol. The molecule has 0 spiro atoms. The number of hydrogen-bond donors (Lipinski definition) is 8. The molecule has 68 heavy (non-hydrogen) atoms. The number of benzene rings is 2. The SMILES string of the molecule is CC(C)C[C@H](NC(=O)[C@H](CCS(C)(=O)=O)NC(CCCCCCC=O)CCCCCCCC(=O)N[C@@H](CC(N)=O)C(=O)N[C@@H](Cc1ccccc1)C(=O)O)C(=O)N[C@@H](Cc1ccccc1)C(N)=O. The van der Waals surface area contributed by atoms with Crippen molar-refractivity contribution >= 4 is 57.5 Å². The Kier molecular flexibility index (Phi) is 27.6. The summed E-state index contributed by atoms with van der Waals surface area (Å²) < 4.78 is 24.7. The number of amides is 6. The standard InChI is InChI=1S/C49H75N7O11S/c1-34(2)30-40(47(62)54-39(45(51)60)31-35-20-12-10-13-21-35)55-46(61)38(27-29-68(3,66)67)52-37(25-17-7-5-9-19-28-57)24-16-6-4-8-18-26-44(59)53-41(33-43(50)58)48(63)56-42(49(64)65)32-36-22-14-11-15-23-36/h10-15,20-23,28,34,37-42,52H,4-9,16-19,24-27,29-33H2,1-3H3,(H2,50,58)(H2,51,60)(H,53,59)(H,54,62)(H,55,61)(H,56,63)(H,64,65)/t37?,38-,39-,40-,41-,42-/m0/s1. The third kappa shape index (κ3) is 26.0. The Hall–Kier alpha value is -5.69. The molecule has 0 bridgehead atoms. The fourth-order valence-electron chi connectivity index (χ4n) is 7.72. The van der Waals surface area contributed by atoms with Gasteiger partial charge in [0.1, 0.15) is 40.3 Å². The molecule has 0 aromatic heterocycles. The zero-order valence-electron chi connectivity index (χ0n) is 39.9. The second-order valence-electron chi connectivity index (χ2n) is 18.0. The maximum absolute atomic E-state index is 14.1. The molecule has 378 valence electrons. The van der Waals surface area contributed by atoms with Gasteiger partial charge >= 0.3 is 5.97 Å². The first-order chi connectivity index (χ1) is 32.3. The van der Waals surface area contributed by atoms with Gasteiger partial charge in [0.15, 0.2) is 0 Å². The highest BCUT2D eigenvalue weighted by Crippen LogP contribution is 2.17. The van der Waals surface area contributed by atoms with E-state index >= 15 is 0 Å². The van der Waals surface area contributed by atoms with Crippen LogP contribution in [-0.2, 0) is 61.0 Å². The van der Waals surface area contributed by atoms with Gasteiger partial charge in [0.25, 0.3) is 0 Å². The number of nitrogens with two attached hydrogens (primary N) is 2. The van der Waals surface area contributed by atoms with Crippen LogP contribution in [0.2, 0.25) is 0 Å². The van der Waals surface area contributed by atoms with Crippen LogP contribution in [0, 0.1) is 5.92 Å². The molecule has 0 aliphatic carbocycles. The molecule has 0 saturated carbocycles. The number of carboxylic acids is 1. The fraction of sp³-hybridized carbons (Fsp3) is 0.592. The van der Waals surface area contributed by atoms with Gasteiger partial charge in [0.2, 0.25) is 35.4 Å². The lowest BCUT2D eigenvalue weighted by Crippen LogP contribution is -2.57. The number of hydrogen-bond acceptors (Lipinski definition) is 11. The predicted octanol–water partition coefficient (Wildman–Crippen LogP) is 2.93. The zero-order valence-corrected chi connectivity index (χ0v) is 40.7. The van der Waals surface area contributed by atoms with Crippen LogP contribution in [0.25, 0.3) is 0 Å². The smallest absolute Gasteiger partial charge is 0.326 e. The quantitative estimate of drug-likeness (QED) is 0.0358. The van der Waals surface area contributed by atoms with Gasteiger partial charge in [0.05, 0.1) is 18.2 Å². The van der Waals surface area contributed by atoms with Crippen LogP contribution in [-0.4, -0.2) is 109 Å². The number of carbonyl (C=O) groups is 8. The van der Waals surface area contributed by atoms with E-state index in [1.165, 1.54) is 0 Å². The molecular formula is C49H75N7O11S. The molecule has 0 radical (unpaired) electrons. The summed E-state index contributed by atoms with van der Waals surface area (Å²) in [5.41, 5.74) is 12.5. The summed E-state index contributed by atoms with van der Waals surface area (Å²) in [5, 5.41) is 23.6. The monoisotopic (exact) mass is 970 g/mol. The summed E-state index contributed by atoms with van der Waals surface area (Å²) in [6, 6.07) is 11.8. The number of aldehydes is 1. The van der Waals surface area contributed by atoms with Gasteiger partial charge < -0.3 is 48.0 Å². The lowest BCUT2D eigenvalue weighted by Gasteiger charge is -2.28. The van der Waals surface area contributed by atoms with Gasteiger partial charge in [-0.3, -0.25) is 28.8 Å². The van der Waals surface area contributed by atoms with Gasteiger partial charge in [-0.25, -0.2) is 13.2 Å². The topological polar surface area (TPSA) is 303 Å². The Morgan fingerprint density at radius 3 is 1.62 bits per heavy atom. The van der Waals surface area contributed by atoms with E-state index < -0.39 is 87.9 Å². The Morgan fingerprint density at radius 1 is 0.618 bits per heavy atom. The van der Waals surface area contributed by atoms with Crippen molar-refractivity contribution in [3.63, 3.8) is 0 Å². The maximum atomic E-state index is 14.1. The third-order valence-corrected chi connectivity index (χ3v) is 12.3. The van der Waals surface area contributed by atoms with Gasteiger partial charge in [0, 0.05) is 38.0 Å². The molecule has 6 atom stereocenters. The van der Waals surface area contributed by atoms with Crippen molar-refractivity contribution in [2.45, 2.75) is 166 Å². The van der Waals surface area contributed by atoms with Crippen molar-refractivity contribution in [1.29, 1.82) is 0 Å². The summed E-state index contributed by atoms with van der Waals surface area (Å²) in [6.45, 7) is 3.77. The van der Waals surface area contributed by atoms with Gasteiger partial charge in [-0.2, -0.15) is 0 Å². The molecule has 19 heteroatoms. The van der Waals surface area contributed by atoms with Crippen molar-refractivity contribution in [3.05, 3.63) is 71.8 Å². The van der Waals surface area contributed by atoms with E-state index in [-0.39, 0.29) is 49.8 Å². The number of carboxylic acid groups (broad SMARTS) is 1. The second kappa shape index (κ2) is 32.1. The molecular weight excluding hydrogens is 895 g/mol. The molecule has 2 aromatic rings. The number of nitrogens with one attached hydrogen (secondary N) is 5. The molecule has 0 fully saturated rings. The Bertz CT molecular complexity index is 2010. The fourth-order valence-corrected chi connectivity index (χ4v) is 8.38. The molecule has 18 nitrogen and oxygen atoms in total. The van der Waals surface area contributed by atoms with Crippen LogP contribution in [0.15, 0.2) is 60.7 Å². The number of primary amides is 2. The van der Waals surface area contributed by atoms with Gasteiger partial charge in [-0.1, -0.05) is 119 Å². The van der Waals surface area contributed by atoms with Gasteiger partial charge in [-0.15, -0.1) is 0 Å². The maximum Gasteiger partial charge on any atom is 0.326 e. The van der Waals surface area contributed by atoms with E-state index in [1.54, 1.807) is 42.5 Å². The molecule has 6 amide bonds. The predicted molar refractivity (Wildman–Crippen MR) is 259 cm³/mol. The first-order valence-electron chi connectivity index (χ1n) is 23.7. The first-order valence-corrected chi connectivity index (χ1v) is 25.8. The van der Waals surface area contributed by atoms with Crippen molar-refractivity contribution in [2.24, 2.45) is 17.4 Å². The van der Waals surface area contributed by atoms with E-state index in [9.17, 15) is 51.9 Å². The molecule has 0 aliphatic rings. The Balaban J connectivity index is 2.07. The molecule has 0 saturated heterocycles. The van der Waals surface area contributed by atoms with Crippen LogP contribution in [0.4, 0.5) is 0 Å². The van der Waals surface area contributed by atoms with Gasteiger partial charge in [-0.05, 0) is 55.6 Å². The lowest BCUT2D eigenvalue weighted by atomic mass is 9.98. The van der Waals surface area contributed by atoms with Crippen molar-refractivity contribution in [3.8, 4) is 0 Å². The summed E-state index contributed by atoms with van der Waals surface area (Å²) in [7, 11) is -3.48. The van der Waals surface area contributed by atoms with Crippen molar-refractivity contribution in [1.82, 2.24) is 26.6 Å². The molecule has 0 heterocycles. The first kappa shape index (κ1) is 58.4. The minimum atomic E-state index is -3.48. The summed E-state index contributed by atoms with van der Waals surface area (Å²) >= 11 is 0. The largest absolute Gasteiger partial charge is 0.480 e. The minimum absolute atomic E-state index is 0.00613. The highest BCUT2D eigenvalue weighted by atomic mass is 32.2. The summed E-state index contributed by atoms with van der Waals surface area (Å²) in [4.78, 5) is 101. The minimum Gasteiger partial charge on any atom is -0.480 e. The number of sulfone groups is 1. The van der Waals surface area contributed by atoms with Crippen LogP contribution >= 0.6 is 0 Å². The van der Waals surface area contributed by atoms with E-state index in [0.29, 0.717) is 37.7 Å². The van der Waals surface area contributed by atoms with Crippen molar-refractivity contribution < 1.29 is 51.9 Å². The lowest BCUT2D eigenvalue weighted by molar-refractivity contribution is -0.142. The molecule has 2 rings (SSSR count). The molecule has 10 N–H and O–H groups in total.